The number of carbonyl (C=O) groups excluding carboxylic acids is 3. The van der Waals surface area contributed by atoms with Gasteiger partial charge in [-0.2, -0.15) is 5.10 Å². The van der Waals surface area contributed by atoms with Crippen LogP contribution >= 0.6 is 0 Å². The van der Waals surface area contributed by atoms with Gasteiger partial charge in [0.1, 0.15) is 0 Å². The fourth-order valence-corrected chi connectivity index (χ4v) is 2.83. The van der Waals surface area contributed by atoms with Crippen molar-refractivity contribution in [3.05, 3.63) is 23.5 Å². The second-order valence-electron chi connectivity index (χ2n) is 6.49. The molecule has 1 N–H and O–H groups in total. The molecule has 0 saturated carbocycles. The average molecular weight is 359 g/mol. The number of fused-ring (bicyclic) bond motifs is 1. The van der Waals surface area contributed by atoms with Gasteiger partial charge < -0.3 is 10.1 Å². The minimum absolute atomic E-state index is 0.140. The number of rotatable bonds is 4. The lowest BCUT2D eigenvalue weighted by molar-refractivity contribution is -0.136. The molecule has 9 heteroatoms. The van der Waals surface area contributed by atoms with E-state index in [1.165, 1.54) is 6.92 Å². The summed E-state index contributed by atoms with van der Waals surface area (Å²) in [7, 11) is 0. The van der Waals surface area contributed by atoms with E-state index in [1.54, 1.807) is 23.9 Å². The number of hydrogen-bond donors (Lipinski definition) is 1. The summed E-state index contributed by atoms with van der Waals surface area (Å²) in [5, 5.41) is 7.54. The fourth-order valence-electron chi connectivity index (χ4n) is 2.83. The van der Waals surface area contributed by atoms with Crippen LogP contribution in [0.4, 0.5) is 4.79 Å². The van der Waals surface area contributed by atoms with Gasteiger partial charge in [-0.15, -0.1) is 0 Å². The highest BCUT2D eigenvalue weighted by molar-refractivity contribution is 6.00. The summed E-state index contributed by atoms with van der Waals surface area (Å²) in [6, 6.07) is 1.32. The molecule has 1 aliphatic rings. The maximum absolute atomic E-state index is 12.5. The number of nitrogens with one attached hydrogen (secondary N) is 1. The molecule has 3 amide bonds. The highest BCUT2D eigenvalue weighted by Crippen LogP contribution is 2.20. The standard InChI is InChI=1S/C17H21N5O4/c1-9(2)22-14-12(8-19-22)7-13(10(3)20-14)16(24)26-11(4)15(23)21-6-5-18-17(21)25/h7-9,11H,5-6H2,1-4H3,(H,18,25). The number of ether oxygens (including phenoxy) is 1. The Kier molecular flexibility index (Phi) is 4.62. The first-order chi connectivity index (χ1) is 12.3. The Morgan fingerprint density at radius 1 is 1.31 bits per heavy atom. The first-order valence-corrected chi connectivity index (χ1v) is 8.44. The van der Waals surface area contributed by atoms with Crippen molar-refractivity contribution in [3.63, 3.8) is 0 Å². The van der Waals surface area contributed by atoms with E-state index in [9.17, 15) is 14.4 Å². The molecule has 1 saturated heterocycles. The van der Waals surface area contributed by atoms with E-state index in [0.717, 1.165) is 4.90 Å². The quantitative estimate of drug-likeness (QED) is 0.828. The summed E-state index contributed by atoms with van der Waals surface area (Å²) in [6.07, 6.45) is 0.571. The molecule has 1 unspecified atom stereocenters. The number of pyridine rings is 1. The minimum Gasteiger partial charge on any atom is -0.449 e. The largest absolute Gasteiger partial charge is 0.449 e. The molecule has 0 radical (unpaired) electrons. The zero-order valence-electron chi connectivity index (χ0n) is 15.1. The smallest absolute Gasteiger partial charge is 0.340 e. The van der Waals surface area contributed by atoms with E-state index in [2.05, 4.69) is 15.4 Å². The molecule has 0 aromatic carbocycles. The number of aromatic nitrogens is 3. The number of esters is 1. The third kappa shape index (κ3) is 3.12. The van der Waals surface area contributed by atoms with Gasteiger partial charge >= 0.3 is 12.0 Å². The monoisotopic (exact) mass is 359 g/mol. The molecule has 2 aromatic rings. The molecule has 0 bridgehead atoms. The Bertz CT molecular complexity index is 889. The fraction of sp³-hybridized carbons (Fsp3) is 0.471. The number of carbonyl (C=O) groups is 3. The van der Waals surface area contributed by atoms with E-state index in [0.29, 0.717) is 23.3 Å². The van der Waals surface area contributed by atoms with E-state index in [1.807, 2.05) is 13.8 Å². The third-order valence-electron chi connectivity index (χ3n) is 4.22. The first-order valence-electron chi connectivity index (χ1n) is 8.44. The maximum Gasteiger partial charge on any atom is 0.340 e. The van der Waals surface area contributed by atoms with E-state index in [4.69, 9.17) is 4.74 Å². The van der Waals surface area contributed by atoms with Crippen molar-refractivity contribution < 1.29 is 19.1 Å². The zero-order valence-corrected chi connectivity index (χ0v) is 15.1. The van der Waals surface area contributed by atoms with Gasteiger partial charge in [-0.05, 0) is 33.8 Å². The van der Waals surface area contributed by atoms with Gasteiger partial charge in [-0.25, -0.2) is 19.3 Å². The predicted molar refractivity (Wildman–Crippen MR) is 92.6 cm³/mol. The van der Waals surface area contributed by atoms with Crippen LogP contribution in [0.3, 0.4) is 0 Å². The van der Waals surface area contributed by atoms with E-state index >= 15 is 0 Å². The summed E-state index contributed by atoms with van der Waals surface area (Å²) in [4.78, 5) is 41.8. The minimum atomic E-state index is -1.07. The molecule has 0 spiro atoms. The lowest BCUT2D eigenvalue weighted by Gasteiger charge is -2.18. The molecule has 26 heavy (non-hydrogen) atoms. The van der Waals surface area contributed by atoms with E-state index < -0.39 is 24.0 Å². The van der Waals surface area contributed by atoms with Crippen LogP contribution in [-0.2, 0) is 9.53 Å². The van der Waals surface area contributed by atoms with Crippen LogP contribution in [0.2, 0.25) is 0 Å². The van der Waals surface area contributed by atoms with Gasteiger partial charge in [-0.1, -0.05) is 0 Å². The lowest BCUT2D eigenvalue weighted by atomic mass is 10.1. The summed E-state index contributed by atoms with van der Waals surface area (Å²) < 4.78 is 7.04. The normalized spacial score (nSPS) is 15.4. The molecule has 1 atom stereocenters. The second-order valence-corrected chi connectivity index (χ2v) is 6.49. The topological polar surface area (TPSA) is 106 Å². The van der Waals surface area contributed by atoms with Crippen LogP contribution in [0, 0.1) is 6.92 Å². The number of imide groups is 1. The molecular weight excluding hydrogens is 338 g/mol. The average Bonchev–Trinajstić information content (AvgIpc) is 3.18. The predicted octanol–water partition coefficient (Wildman–Crippen LogP) is 1.42. The highest BCUT2D eigenvalue weighted by Gasteiger charge is 2.32. The number of amides is 3. The zero-order chi connectivity index (χ0) is 19.0. The number of hydrogen-bond acceptors (Lipinski definition) is 6. The maximum atomic E-state index is 12.5. The van der Waals surface area contributed by atoms with Gasteiger partial charge in [0.2, 0.25) is 0 Å². The Morgan fingerprint density at radius 2 is 2.04 bits per heavy atom. The molecule has 9 nitrogen and oxygen atoms in total. The van der Waals surface area contributed by atoms with Crippen molar-refractivity contribution in [1.82, 2.24) is 25.0 Å². The molecule has 1 aliphatic heterocycles. The van der Waals surface area contributed by atoms with Crippen molar-refractivity contribution in [2.24, 2.45) is 0 Å². The van der Waals surface area contributed by atoms with Crippen LogP contribution in [0.5, 0.6) is 0 Å². The van der Waals surface area contributed by atoms with Crippen LogP contribution in [0.25, 0.3) is 11.0 Å². The summed E-state index contributed by atoms with van der Waals surface area (Å²) in [6.45, 7) is 7.80. The van der Waals surface area contributed by atoms with Crippen molar-refractivity contribution >= 4 is 28.9 Å². The lowest BCUT2D eigenvalue weighted by Crippen LogP contribution is -2.41. The first kappa shape index (κ1) is 17.8. The Labute approximate surface area is 150 Å². The Hall–Kier alpha value is -2.97. The van der Waals surface area contributed by atoms with Crippen LogP contribution in [0.1, 0.15) is 42.9 Å². The van der Waals surface area contributed by atoms with Gasteiger partial charge in [0.25, 0.3) is 5.91 Å². The van der Waals surface area contributed by atoms with Crippen LogP contribution < -0.4 is 5.32 Å². The number of aryl methyl sites for hydroxylation is 1. The van der Waals surface area contributed by atoms with Gasteiger partial charge in [-0.3, -0.25) is 9.69 Å². The molecule has 0 aliphatic carbocycles. The Balaban J connectivity index is 1.80. The van der Waals surface area contributed by atoms with Crippen molar-refractivity contribution in [1.29, 1.82) is 0 Å². The summed E-state index contributed by atoms with van der Waals surface area (Å²) >= 11 is 0. The van der Waals surface area contributed by atoms with E-state index in [-0.39, 0.29) is 18.2 Å². The summed E-state index contributed by atoms with van der Waals surface area (Å²) in [5.74, 6) is -1.21. The number of nitrogens with zero attached hydrogens (tertiary/aromatic N) is 4. The van der Waals surface area contributed by atoms with Gasteiger partial charge in [0.05, 0.1) is 17.5 Å². The number of urea groups is 1. The third-order valence-corrected chi connectivity index (χ3v) is 4.22. The second kappa shape index (κ2) is 6.74. The highest BCUT2D eigenvalue weighted by atomic mass is 16.5. The van der Waals surface area contributed by atoms with Crippen LogP contribution in [-0.4, -0.2) is 56.8 Å². The molecule has 1 fully saturated rings. The summed E-state index contributed by atoms with van der Waals surface area (Å²) in [5.41, 5.74) is 1.45. The van der Waals surface area contributed by atoms with Crippen molar-refractivity contribution in [3.8, 4) is 0 Å². The molecule has 3 heterocycles. The molecule has 2 aromatic heterocycles. The van der Waals surface area contributed by atoms with Crippen LogP contribution in [0.15, 0.2) is 12.3 Å². The van der Waals surface area contributed by atoms with Gasteiger partial charge in [0.15, 0.2) is 11.8 Å². The van der Waals surface area contributed by atoms with Gasteiger partial charge in [0, 0.05) is 24.5 Å². The SMILES string of the molecule is Cc1nc2c(cnn2C(C)C)cc1C(=O)OC(C)C(=O)N1CCNC1=O. The molecule has 138 valence electrons. The Morgan fingerprint density at radius 3 is 2.65 bits per heavy atom. The van der Waals surface area contributed by atoms with Crippen molar-refractivity contribution in [2.75, 3.05) is 13.1 Å². The van der Waals surface area contributed by atoms with Crippen molar-refractivity contribution in [2.45, 2.75) is 39.8 Å². The molecular formula is C17H21N5O4. The molecule has 3 rings (SSSR count).